The van der Waals surface area contributed by atoms with Crippen LogP contribution in [-0.2, 0) is 4.79 Å². The van der Waals surface area contributed by atoms with Crippen molar-refractivity contribution in [3.05, 3.63) is 12.3 Å². The number of carbonyl (C=O) groups is 1. The monoisotopic (exact) mass is 182 g/mol. The number of rotatable bonds is 3. The first-order chi connectivity index (χ1) is 4.79. The van der Waals surface area contributed by atoms with E-state index in [-0.39, 0.29) is 42.6 Å². The molecule has 0 fully saturated rings. The van der Waals surface area contributed by atoms with Crippen molar-refractivity contribution in [1.29, 1.82) is 0 Å². The third-order valence-electron chi connectivity index (χ3n) is 0.776. The molecule has 56 valence electrons. The third kappa shape index (κ3) is 4.47. The second-order valence-corrected chi connectivity index (χ2v) is 2.59. The molecule has 0 spiro atoms. The molecular formula is C5H7N2NaO2S. The number of thioether (sulfide) groups is 1. The van der Waals surface area contributed by atoms with Crippen LogP contribution in [0.2, 0.25) is 0 Å². The van der Waals surface area contributed by atoms with E-state index in [1.54, 1.807) is 6.07 Å². The van der Waals surface area contributed by atoms with Crippen molar-refractivity contribution in [2.45, 2.75) is 5.03 Å². The molecular weight excluding hydrogens is 175 g/mol. The van der Waals surface area contributed by atoms with Crippen molar-refractivity contribution < 1.29 is 40.3 Å². The fourth-order valence-electron chi connectivity index (χ4n) is 0.421. The zero-order valence-electron chi connectivity index (χ0n) is 7.11. The molecule has 0 bridgehead atoms. The number of nitrogens with two attached hydrogens (primary N) is 1. The molecule has 1 amide bonds. The van der Waals surface area contributed by atoms with Crippen LogP contribution in [0.3, 0.4) is 0 Å². The fourth-order valence-corrected chi connectivity index (χ4v) is 0.959. The van der Waals surface area contributed by atoms with Crippen molar-refractivity contribution in [2.24, 2.45) is 5.73 Å². The molecule has 2 N–H and O–H groups in total. The van der Waals surface area contributed by atoms with Gasteiger partial charge in [-0.2, -0.15) is 0 Å². The van der Waals surface area contributed by atoms with Gasteiger partial charge in [0.05, 0.1) is 5.75 Å². The topological polar surface area (TPSA) is 69.1 Å². The first-order valence-electron chi connectivity index (χ1n) is 2.60. The number of nitrogens with zero attached hydrogens (tertiary/aromatic N) is 1. The number of carbonyl (C=O) groups excluding carboxylic acids is 1. The Labute approximate surface area is 91.6 Å². The van der Waals surface area contributed by atoms with Crippen molar-refractivity contribution in [3.8, 4) is 0 Å². The molecule has 1 rings (SSSR count). The average Bonchev–Trinajstić information content (AvgIpc) is 2.34. The Balaban J connectivity index is 0. The van der Waals surface area contributed by atoms with Gasteiger partial charge in [0.2, 0.25) is 5.91 Å². The van der Waals surface area contributed by atoms with Crippen LogP contribution in [0.1, 0.15) is 1.43 Å². The molecule has 6 heteroatoms. The van der Waals surface area contributed by atoms with Gasteiger partial charge in [0.1, 0.15) is 11.3 Å². The number of amides is 1. The van der Waals surface area contributed by atoms with E-state index in [1.165, 1.54) is 18.0 Å². The van der Waals surface area contributed by atoms with E-state index in [1.807, 2.05) is 0 Å². The van der Waals surface area contributed by atoms with Crippen LogP contribution < -0.4 is 35.3 Å². The molecule has 0 unspecified atom stereocenters. The number of hydrogen-bond acceptors (Lipinski definition) is 4. The first-order valence-corrected chi connectivity index (χ1v) is 3.59. The summed E-state index contributed by atoms with van der Waals surface area (Å²) in [5.41, 5.74) is 4.89. The fraction of sp³-hybridized carbons (Fsp3) is 0.200. The van der Waals surface area contributed by atoms with Gasteiger partial charge in [-0.15, -0.1) is 0 Å². The second kappa shape index (κ2) is 5.65. The number of aromatic nitrogens is 1. The van der Waals surface area contributed by atoms with E-state index in [0.717, 1.165) is 0 Å². The van der Waals surface area contributed by atoms with Crippen LogP contribution in [0.4, 0.5) is 0 Å². The van der Waals surface area contributed by atoms with Crippen LogP contribution >= 0.6 is 11.8 Å². The normalized spacial score (nSPS) is 8.73. The summed E-state index contributed by atoms with van der Waals surface area (Å²) in [4.78, 5) is 10.2. The molecule has 0 saturated carbocycles. The molecule has 0 aromatic carbocycles. The molecule has 0 atom stereocenters. The smallest absolute Gasteiger partial charge is 1.00 e. The van der Waals surface area contributed by atoms with E-state index < -0.39 is 0 Å². The third-order valence-corrected chi connectivity index (χ3v) is 1.71. The van der Waals surface area contributed by atoms with Gasteiger partial charge in [-0.05, 0) is 0 Å². The molecule has 1 heterocycles. The Kier molecular flexibility index (Phi) is 5.67. The van der Waals surface area contributed by atoms with Crippen molar-refractivity contribution in [3.63, 3.8) is 0 Å². The van der Waals surface area contributed by atoms with Gasteiger partial charge in [0.15, 0.2) is 0 Å². The Morgan fingerprint density at radius 2 is 2.64 bits per heavy atom. The van der Waals surface area contributed by atoms with Gasteiger partial charge >= 0.3 is 29.6 Å². The molecule has 0 aliphatic heterocycles. The van der Waals surface area contributed by atoms with E-state index in [0.29, 0.717) is 5.03 Å². The predicted molar refractivity (Wildman–Crippen MR) is 37.5 cm³/mol. The Morgan fingerprint density at radius 3 is 3.09 bits per heavy atom. The van der Waals surface area contributed by atoms with Gasteiger partial charge in [-0.1, -0.05) is 16.9 Å². The second-order valence-electron chi connectivity index (χ2n) is 1.59. The Hall–Kier alpha value is 0.0300. The van der Waals surface area contributed by atoms with Crippen LogP contribution in [0.5, 0.6) is 0 Å². The van der Waals surface area contributed by atoms with Gasteiger partial charge in [-0.3, -0.25) is 4.79 Å². The summed E-state index contributed by atoms with van der Waals surface area (Å²) in [6.07, 6.45) is 1.45. The maximum atomic E-state index is 10.2. The summed E-state index contributed by atoms with van der Waals surface area (Å²) < 4.78 is 4.52. The minimum Gasteiger partial charge on any atom is -1.00 e. The zero-order chi connectivity index (χ0) is 7.40. The number of primary amides is 1. The quantitative estimate of drug-likeness (QED) is 0.410. The van der Waals surface area contributed by atoms with Gasteiger partial charge in [0.25, 0.3) is 0 Å². The van der Waals surface area contributed by atoms with Crippen molar-refractivity contribution in [1.82, 2.24) is 5.16 Å². The molecule has 1 aromatic rings. The summed E-state index contributed by atoms with van der Waals surface area (Å²) in [6, 6.07) is 1.67. The molecule has 0 aliphatic carbocycles. The molecule has 4 nitrogen and oxygen atoms in total. The van der Waals surface area contributed by atoms with Crippen LogP contribution in [-0.4, -0.2) is 16.8 Å². The van der Waals surface area contributed by atoms with Gasteiger partial charge in [0, 0.05) is 6.07 Å². The molecule has 0 saturated heterocycles. The zero-order valence-corrected chi connectivity index (χ0v) is 8.93. The van der Waals surface area contributed by atoms with E-state index in [2.05, 4.69) is 9.68 Å². The van der Waals surface area contributed by atoms with Crippen molar-refractivity contribution >= 4 is 17.7 Å². The molecule has 0 radical (unpaired) electrons. The Bertz CT molecular complexity index is 219. The summed E-state index contributed by atoms with van der Waals surface area (Å²) in [5.74, 6) is -0.111. The van der Waals surface area contributed by atoms with Gasteiger partial charge < -0.3 is 11.7 Å². The van der Waals surface area contributed by atoms with Crippen molar-refractivity contribution in [2.75, 3.05) is 5.75 Å². The van der Waals surface area contributed by atoms with Crippen LogP contribution in [0.15, 0.2) is 21.9 Å². The minimum atomic E-state index is -0.354. The van der Waals surface area contributed by atoms with Crippen LogP contribution in [0.25, 0.3) is 0 Å². The molecule has 1 aromatic heterocycles. The Morgan fingerprint density at radius 1 is 1.91 bits per heavy atom. The number of hydrogen-bond donors (Lipinski definition) is 1. The van der Waals surface area contributed by atoms with Gasteiger partial charge in [-0.25, -0.2) is 0 Å². The SMILES string of the molecule is NC(=O)CSc1ccon1.[H-].[Na+]. The summed E-state index contributed by atoms with van der Waals surface area (Å²) in [5, 5.41) is 4.25. The van der Waals surface area contributed by atoms with Crippen LogP contribution in [0, 0.1) is 0 Å². The maximum Gasteiger partial charge on any atom is 1.00 e. The van der Waals surface area contributed by atoms with E-state index in [4.69, 9.17) is 5.73 Å². The van der Waals surface area contributed by atoms with E-state index >= 15 is 0 Å². The standard InChI is InChI=1S/C5H6N2O2S.Na.H/c6-4(8)3-10-5-1-2-9-7-5;;/h1-2H,3H2,(H2,6,8);;/q;+1;-1. The summed E-state index contributed by atoms with van der Waals surface area (Å²) in [7, 11) is 0. The minimum absolute atomic E-state index is 0. The largest absolute Gasteiger partial charge is 1.00 e. The average molecular weight is 182 g/mol. The predicted octanol–water partition coefficient (Wildman–Crippen LogP) is -2.63. The maximum absolute atomic E-state index is 10.2. The summed E-state index contributed by atoms with van der Waals surface area (Å²) in [6.45, 7) is 0. The molecule has 0 aliphatic rings. The van der Waals surface area contributed by atoms with E-state index in [9.17, 15) is 4.79 Å². The summed E-state index contributed by atoms with van der Waals surface area (Å²) >= 11 is 1.26. The first kappa shape index (κ1) is 11.0. The molecule has 11 heavy (non-hydrogen) atoms.